The lowest BCUT2D eigenvalue weighted by molar-refractivity contribution is 0.309. The molecule has 0 aliphatic heterocycles. The van der Waals surface area contributed by atoms with Gasteiger partial charge >= 0.3 is 0 Å². The van der Waals surface area contributed by atoms with Crippen molar-refractivity contribution in [1.29, 1.82) is 0 Å². The third kappa shape index (κ3) is 3.34. The molecule has 0 heterocycles. The minimum atomic E-state index is 0.438. The van der Waals surface area contributed by atoms with E-state index in [4.69, 9.17) is 0 Å². The molecule has 1 atom stereocenters. The predicted molar refractivity (Wildman–Crippen MR) is 72.4 cm³/mol. The van der Waals surface area contributed by atoms with Crippen LogP contribution in [0.5, 0.6) is 5.75 Å². The molecule has 1 rings (SSSR count). The molecule has 1 N–H and O–H groups in total. The van der Waals surface area contributed by atoms with E-state index < -0.39 is 0 Å². The largest absolute Gasteiger partial charge is 0.507 e. The summed E-state index contributed by atoms with van der Waals surface area (Å²) in [4.78, 5) is 2.16. The smallest absolute Gasteiger partial charge is 0.121 e. The second-order valence-electron chi connectivity index (χ2n) is 4.25. The SMILES string of the molecule is Cc1cc(I)cc(CC(C)N(C)C)c1O. The van der Waals surface area contributed by atoms with Crippen molar-refractivity contribution in [2.75, 3.05) is 14.1 Å². The summed E-state index contributed by atoms with van der Waals surface area (Å²) in [5.41, 5.74) is 2.00. The number of phenols is 1. The van der Waals surface area contributed by atoms with Crippen molar-refractivity contribution in [2.24, 2.45) is 0 Å². The van der Waals surface area contributed by atoms with E-state index in [0.717, 1.165) is 17.5 Å². The number of hydrogen-bond donors (Lipinski definition) is 1. The fourth-order valence-electron chi connectivity index (χ4n) is 1.46. The van der Waals surface area contributed by atoms with Crippen LogP contribution in [0.4, 0.5) is 0 Å². The molecule has 0 amide bonds. The first-order valence-corrected chi connectivity index (χ1v) is 6.14. The van der Waals surface area contributed by atoms with Gasteiger partial charge in [0.2, 0.25) is 0 Å². The van der Waals surface area contributed by atoms with Crippen LogP contribution in [-0.4, -0.2) is 30.1 Å². The molecule has 0 aliphatic rings. The zero-order valence-corrected chi connectivity index (χ0v) is 11.9. The number of nitrogens with zero attached hydrogens (tertiary/aromatic N) is 1. The van der Waals surface area contributed by atoms with Crippen LogP contribution < -0.4 is 0 Å². The van der Waals surface area contributed by atoms with Crippen molar-refractivity contribution in [3.8, 4) is 5.75 Å². The summed E-state index contributed by atoms with van der Waals surface area (Å²) in [5.74, 6) is 0.448. The fraction of sp³-hybridized carbons (Fsp3) is 0.500. The minimum absolute atomic E-state index is 0.438. The van der Waals surface area contributed by atoms with Crippen LogP contribution in [0.1, 0.15) is 18.1 Å². The molecule has 1 aromatic carbocycles. The van der Waals surface area contributed by atoms with Crippen molar-refractivity contribution in [1.82, 2.24) is 4.90 Å². The van der Waals surface area contributed by atoms with Gasteiger partial charge in [0, 0.05) is 9.61 Å². The van der Waals surface area contributed by atoms with E-state index in [2.05, 4.69) is 54.6 Å². The Bertz CT molecular complexity index is 350. The topological polar surface area (TPSA) is 23.5 Å². The number of aromatic hydroxyl groups is 1. The van der Waals surface area contributed by atoms with Gasteiger partial charge in [-0.2, -0.15) is 0 Å². The highest BCUT2D eigenvalue weighted by Gasteiger charge is 2.11. The number of phenolic OH excluding ortho intramolecular Hbond substituents is 1. The summed E-state index contributed by atoms with van der Waals surface area (Å²) in [6.45, 7) is 4.11. The summed E-state index contributed by atoms with van der Waals surface area (Å²) in [7, 11) is 4.12. The number of hydrogen-bond acceptors (Lipinski definition) is 2. The van der Waals surface area contributed by atoms with E-state index in [9.17, 15) is 5.11 Å². The summed E-state index contributed by atoms with van der Waals surface area (Å²) >= 11 is 2.29. The predicted octanol–water partition coefficient (Wildman–Crippen LogP) is 2.80. The lowest BCUT2D eigenvalue weighted by atomic mass is 10.0. The number of benzene rings is 1. The highest BCUT2D eigenvalue weighted by molar-refractivity contribution is 14.1. The van der Waals surface area contributed by atoms with Crippen LogP contribution in [0.25, 0.3) is 0 Å². The molecule has 0 bridgehead atoms. The van der Waals surface area contributed by atoms with Gasteiger partial charge in [0.25, 0.3) is 0 Å². The van der Waals surface area contributed by atoms with Crippen molar-refractivity contribution in [3.05, 3.63) is 26.8 Å². The lowest BCUT2D eigenvalue weighted by Gasteiger charge is -2.20. The van der Waals surface area contributed by atoms with Crippen molar-refractivity contribution in [2.45, 2.75) is 26.3 Å². The molecule has 2 nitrogen and oxygen atoms in total. The van der Waals surface area contributed by atoms with Crippen LogP contribution >= 0.6 is 22.6 Å². The number of aryl methyl sites for hydroxylation is 1. The molecular formula is C12H18INO. The zero-order chi connectivity index (χ0) is 11.6. The van der Waals surface area contributed by atoms with E-state index in [1.54, 1.807) is 0 Å². The third-order valence-electron chi connectivity index (χ3n) is 2.74. The maximum Gasteiger partial charge on any atom is 0.121 e. The highest BCUT2D eigenvalue weighted by atomic mass is 127. The standard InChI is InChI=1S/C12H18INO/c1-8-5-11(13)7-10(12(8)15)6-9(2)14(3)4/h5,7,9,15H,6H2,1-4H3. The van der Waals surface area contributed by atoms with E-state index in [-0.39, 0.29) is 0 Å². The Balaban J connectivity index is 2.94. The lowest BCUT2D eigenvalue weighted by Crippen LogP contribution is -2.26. The van der Waals surface area contributed by atoms with Crippen LogP contribution in [0.15, 0.2) is 12.1 Å². The normalized spacial score (nSPS) is 13.2. The van der Waals surface area contributed by atoms with Crippen LogP contribution in [0.2, 0.25) is 0 Å². The van der Waals surface area contributed by atoms with Gasteiger partial charge in [-0.15, -0.1) is 0 Å². The molecule has 1 aromatic rings. The number of rotatable bonds is 3. The monoisotopic (exact) mass is 319 g/mol. The Morgan fingerprint density at radius 1 is 1.40 bits per heavy atom. The maximum absolute atomic E-state index is 9.93. The first kappa shape index (κ1) is 12.8. The van der Waals surface area contributed by atoms with Gasteiger partial charge in [0.05, 0.1) is 0 Å². The molecule has 0 fully saturated rings. The first-order valence-electron chi connectivity index (χ1n) is 5.06. The zero-order valence-electron chi connectivity index (χ0n) is 9.71. The Morgan fingerprint density at radius 3 is 2.53 bits per heavy atom. The van der Waals surface area contributed by atoms with Gasteiger partial charge in [-0.1, -0.05) is 0 Å². The molecule has 0 aromatic heterocycles. The van der Waals surface area contributed by atoms with Crippen LogP contribution in [-0.2, 0) is 6.42 Å². The van der Waals surface area contributed by atoms with E-state index in [1.807, 2.05) is 13.0 Å². The third-order valence-corrected chi connectivity index (χ3v) is 3.36. The van der Waals surface area contributed by atoms with Gasteiger partial charge in [-0.05, 0) is 80.2 Å². The van der Waals surface area contributed by atoms with Crippen molar-refractivity contribution >= 4 is 22.6 Å². The number of halogens is 1. The minimum Gasteiger partial charge on any atom is -0.507 e. The summed E-state index contributed by atoms with van der Waals surface area (Å²) < 4.78 is 1.18. The van der Waals surface area contributed by atoms with Gasteiger partial charge in [-0.25, -0.2) is 0 Å². The molecule has 84 valence electrons. The fourth-order valence-corrected chi connectivity index (χ4v) is 2.30. The first-order chi connectivity index (χ1) is 6.91. The second-order valence-corrected chi connectivity index (χ2v) is 5.49. The molecule has 15 heavy (non-hydrogen) atoms. The Hall–Kier alpha value is -0.290. The molecule has 0 saturated carbocycles. The summed E-state index contributed by atoms with van der Waals surface area (Å²) in [6.07, 6.45) is 0.885. The van der Waals surface area contributed by atoms with E-state index >= 15 is 0 Å². The van der Waals surface area contributed by atoms with Crippen LogP contribution in [0.3, 0.4) is 0 Å². The van der Waals surface area contributed by atoms with Gasteiger partial charge in [0.1, 0.15) is 5.75 Å². The van der Waals surface area contributed by atoms with E-state index in [1.165, 1.54) is 3.57 Å². The molecule has 0 saturated heterocycles. The molecule has 0 radical (unpaired) electrons. The van der Waals surface area contributed by atoms with Crippen LogP contribution in [0, 0.1) is 10.5 Å². The van der Waals surface area contributed by atoms with Gasteiger partial charge in [-0.3, -0.25) is 0 Å². The van der Waals surface area contributed by atoms with Crippen molar-refractivity contribution < 1.29 is 5.11 Å². The molecule has 1 unspecified atom stereocenters. The highest BCUT2D eigenvalue weighted by Crippen LogP contribution is 2.26. The molecule has 0 aliphatic carbocycles. The molecule has 0 spiro atoms. The second kappa shape index (κ2) is 5.16. The molecule has 3 heteroatoms. The van der Waals surface area contributed by atoms with Gasteiger partial charge < -0.3 is 10.0 Å². The molecular weight excluding hydrogens is 301 g/mol. The average Bonchev–Trinajstić information content (AvgIpc) is 2.13. The maximum atomic E-state index is 9.93. The quantitative estimate of drug-likeness (QED) is 0.866. The Morgan fingerprint density at radius 2 is 2.00 bits per heavy atom. The summed E-state index contributed by atoms with van der Waals surface area (Å²) in [5, 5.41) is 9.93. The average molecular weight is 319 g/mol. The summed E-state index contributed by atoms with van der Waals surface area (Å²) in [6, 6.07) is 4.50. The Kier molecular flexibility index (Phi) is 4.40. The number of likely N-dealkylation sites (N-methyl/N-ethyl adjacent to an activating group) is 1. The Labute approximate surface area is 105 Å². The van der Waals surface area contributed by atoms with Crippen molar-refractivity contribution in [3.63, 3.8) is 0 Å². The van der Waals surface area contributed by atoms with E-state index in [0.29, 0.717) is 11.8 Å². The van der Waals surface area contributed by atoms with Gasteiger partial charge in [0.15, 0.2) is 0 Å².